The maximum atomic E-state index is 11.8. The number of halogens is 1. The van der Waals surface area contributed by atoms with Gasteiger partial charge in [0.15, 0.2) is 0 Å². The molecule has 0 aliphatic heterocycles. The van der Waals surface area contributed by atoms with Gasteiger partial charge in [0.05, 0.1) is 5.52 Å². The third-order valence-corrected chi connectivity index (χ3v) is 6.30. The molecule has 0 amide bonds. The normalized spacial score (nSPS) is 13.1. The summed E-state index contributed by atoms with van der Waals surface area (Å²) < 4.78 is 1.83. The van der Waals surface area contributed by atoms with Crippen LogP contribution in [0.5, 0.6) is 0 Å². The van der Waals surface area contributed by atoms with Gasteiger partial charge in [0.25, 0.3) is 5.78 Å². The second-order valence-electron chi connectivity index (χ2n) is 8.08. The number of anilines is 2. The van der Waals surface area contributed by atoms with Crippen molar-refractivity contribution in [1.29, 1.82) is 0 Å². The van der Waals surface area contributed by atoms with Gasteiger partial charge in [-0.1, -0.05) is 41.9 Å². The first-order chi connectivity index (χ1) is 15.6. The SMILES string of the molecule is CN(c1cccc(-c2ccc3c(c2)CC(=O)C3)c1)c1nc2nncn2c2cc(Cl)ccc12. The fraction of sp³-hybridized carbons (Fsp3) is 0.120. The molecule has 0 spiro atoms. The molecule has 32 heavy (non-hydrogen) atoms. The molecule has 6 nitrogen and oxygen atoms in total. The molecule has 0 radical (unpaired) electrons. The second kappa shape index (κ2) is 7.14. The molecule has 2 aromatic heterocycles. The highest BCUT2D eigenvalue weighted by molar-refractivity contribution is 6.31. The van der Waals surface area contributed by atoms with E-state index in [2.05, 4.69) is 46.6 Å². The molecule has 1 aliphatic carbocycles. The van der Waals surface area contributed by atoms with Crippen molar-refractivity contribution >= 4 is 45.6 Å². The molecule has 0 atom stereocenters. The third-order valence-electron chi connectivity index (χ3n) is 6.06. The molecule has 0 bridgehead atoms. The Morgan fingerprint density at radius 3 is 2.72 bits per heavy atom. The fourth-order valence-electron chi connectivity index (χ4n) is 4.43. The zero-order valence-electron chi connectivity index (χ0n) is 17.3. The topological polar surface area (TPSA) is 63.4 Å². The first-order valence-electron chi connectivity index (χ1n) is 10.3. The molecule has 6 rings (SSSR count). The fourth-order valence-corrected chi connectivity index (χ4v) is 4.59. The van der Waals surface area contributed by atoms with Gasteiger partial charge < -0.3 is 4.90 Å². The van der Waals surface area contributed by atoms with E-state index in [-0.39, 0.29) is 5.78 Å². The monoisotopic (exact) mass is 439 g/mol. The minimum atomic E-state index is 0.285. The van der Waals surface area contributed by atoms with Crippen LogP contribution in [0, 0.1) is 0 Å². The number of aromatic nitrogens is 4. The van der Waals surface area contributed by atoms with Gasteiger partial charge in [-0.05, 0) is 52.6 Å². The van der Waals surface area contributed by atoms with Gasteiger partial charge >= 0.3 is 0 Å². The van der Waals surface area contributed by atoms with Gasteiger partial charge in [-0.25, -0.2) is 0 Å². The lowest BCUT2D eigenvalue weighted by Crippen LogP contribution is -2.13. The van der Waals surface area contributed by atoms with Crippen molar-refractivity contribution in [1.82, 2.24) is 19.6 Å². The van der Waals surface area contributed by atoms with E-state index in [1.807, 2.05) is 40.6 Å². The number of carbonyl (C=O) groups is 1. The Bertz CT molecular complexity index is 1540. The van der Waals surface area contributed by atoms with Crippen molar-refractivity contribution in [3.05, 3.63) is 83.1 Å². The van der Waals surface area contributed by atoms with Crippen molar-refractivity contribution < 1.29 is 4.79 Å². The maximum absolute atomic E-state index is 11.8. The predicted octanol–water partition coefficient (Wildman–Crippen LogP) is 5.03. The van der Waals surface area contributed by atoms with Crippen LogP contribution in [0.15, 0.2) is 67.0 Å². The lowest BCUT2D eigenvalue weighted by molar-refractivity contribution is -0.117. The molecular formula is C25H18ClN5O. The number of rotatable bonds is 3. The van der Waals surface area contributed by atoms with Crippen LogP contribution < -0.4 is 4.90 Å². The number of hydrogen-bond donors (Lipinski definition) is 0. The Morgan fingerprint density at radius 2 is 1.81 bits per heavy atom. The number of hydrogen-bond acceptors (Lipinski definition) is 5. The van der Waals surface area contributed by atoms with E-state index in [1.54, 1.807) is 6.33 Å². The van der Waals surface area contributed by atoms with E-state index < -0.39 is 0 Å². The third kappa shape index (κ3) is 3.03. The molecule has 5 aromatic rings. The lowest BCUT2D eigenvalue weighted by Gasteiger charge is -2.21. The summed E-state index contributed by atoms with van der Waals surface area (Å²) in [4.78, 5) is 18.6. The first kappa shape index (κ1) is 19.0. The molecule has 0 saturated carbocycles. The Labute approximate surface area is 189 Å². The molecular weight excluding hydrogens is 422 g/mol. The Balaban J connectivity index is 1.45. The van der Waals surface area contributed by atoms with Crippen LogP contribution in [-0.2, 0) is 17.6 Å². The summed E-state index contributed by atoms with van der Waals surface area (Å²) in [6.07, 6.45) is 2.72. The smallest absolute Gasteiger partial charge is 0.257 e. The van der Waals surface area contributed by atoms with Gasteiger partial charge in [0.1, 0.15) is 17.9 Å². The molecule has 156 valence electrons. The molecule has 2 heterocycles. The molecule has 0 unspecified atom stereocenters. The summed E-state index contributed by atoms with van der Waals surface area (Å²) in [5.74, 6) is 1.57. The number of Topliss-reactive ketones (excluding diaryl/α,β-unsaturated/α-hetero) is 1. The predicted molar refractivity (Wildman–Crippen MR) is 126 cm³/mol. The summed E-state index contributed by atoms with van der Waals surface area (Å²) in [5.41, 5.74) is 6.36. The minimum Gasteiger partial charge on any atom is -0.329 e. The van der Waals surface area contributed by atoms with Crippen molar-refractivity contribution in [2.24, 2.45) is 0 Å². The summed E-state index contributed by atoms with van der Waals surface area (Å²) in [6.45, 7) is 0. The van der Waals surface area contributed by atoms with Crippen LogP contribution in [-0.4, -0.2) is 32.4 Å². The number of fused-ring (bicyclic) bond motifs is 4. The van der Waals surface area contributed by atoms with E-state index in [9.17, 15) is 4.79 Å². The van der Waals surface area contributed by atoms with Gasteiger partial charge in [0, 0.05) is 36.0 Å². The summed E-state index contributed by atoms with van der Waals surface area (Å²) >= 11 is 6.26. The van der Waals surface area contributed by atoms with Crippen LogP contribution in [0.2, 0.25) is 5.02 Å². The summed E-state index contributed by atoms with van der Waals surface area (Å²) in [5, 5.41) is 9.74. The average molecular weight is 440 g/mol. The van der Waals surface area contributed by atoms with Gasteiger partial charge in [-0.2, -0.15) is 4.98 Å². The van der Waals surface area contributed by atoms with Crippen LogP contribution in [0.25, 0.3) is 27.8 Å². The molecule has 0 fully saturated rings. The van der Waals surface area contributed by atoms with Crippen LogP contribution in [0.4, 0.5) is 11.5 Å². The van der Waals surface area contributed by atoms with Crippen molar-refractivity contribution in [2.45, 2.75) is 12.8 Å². The van der Waals surface area contributed by atoms with Gasteiger partial charge in [0.2, 0.25) is 0 Å². The van der Waals surface area contributed by atoms with Crippen LogP contribution >= 0.6 is 11.6 Å². The van der Waals surface area contributed by atoms with E-state index >= 15 is 0 Å². The Kier molecular flexibility index (Phi) is 4.23. The Morgan fingerprint density at radius 1 is 0.969 bits per heavy atom. The van der Waals surface area contributed by atoms with Crippen LogP contribution in [0.1, 0.15) is 11.1 Å². The average Bonchev–Trinajstić information content (AvgIpc) is 3.43. The van der Waals surface area contributed by atoms with E-state index in [0.29, 0.717) is 23.6 Å². The second-order valence-corrected chi connectivity index (χ2v) is 8.52. The van der Waals surface area contributed by atoms with Crippen molar-refractivity contribution in [2.75, 3.05) is 11.9 Å². The first-order valence-corrected chi connectivity index (χ1v) is 10.7. The summed E-state index contributed by atoms with van der Waals surface area (Å²) in [6, 6.07) is 20.3. The standard InChI is InChI=1S/C25H18ClN5O/c1-30(24-22-8-7-19(26)13-23(22)31-14-27-29-25(31)28-24)20-4-2-3-15(10-20)16-5-6-17-11-21(32)12-18(17)9-16/h2-10,13-14H,11-12H2,1H3. The van der Waals surface area contributed by atoms with Gasteiger partial charge in [-0.3, -0.25) is 9.20 Å². The zero-order valence-corrected chi connectivity index (χ0v) is 18.0. The minimum absolute atomic E-state index is 0.285. The number of nitrogens with zero attached hydrogens (tertiary/aromatic N) is 5. The number of carbonyl (C=O) groups excluding carboxylic acids is 1. The molecule has 0 saturated heterocycles. The maximum Gasteiger partial charge on any atom is 0.257 e. The quantitative estimate of drug-likeness (QED) is 0.394. The summed E-state index contributed by atoms with van der Waals surface area (Å²) in [7, 11) is 1.99. The molecule has 7 heteroatoms. The largest absolute Gasteiger partial charge is 0.329 e. The lowest BCUT2D eigenvalue weighted by atomic mass is 10.00. The molecule has 0 N–H and O–H groups in total. The number of ketones is 1. The van der Waals surface area contributed by atoms with Gasteiger partial charge in [-0.15, -0.1) is 10.2 Å². The van der Waals surface area contributed by atoms with E-state index in [1.165, 1.54) is 0 Å². The van der Waals surface area contributed by atoms with E-state index in [0.717, 1.165) is 44.7 Å². The highest BCUT2D eigenvalue weighted by atomic mass is 35.5. The van der Waals surface area contributed by atoms with Crippen molar-refractivity contribution in [3.63, 3.8) is 0 Å². The Hall–Kier alpha value is -3.77. The molecule has 1 aliphatic rings. The van der Waals surface area contributed by atoms with Crippen LogP contribution in [0.3, 0.4) is 0 Å². The van der Waals surface area contributed by atoms with Crippen molar-refractivity contribution in [3.8, 4) is 11.1 Å². The number of benzene rings is 3. The highest BCUT2D eigenvalue weighted by Gasteiger charge is 2.19. The van der Waals surface area contributed by atoms with E-state index in [4.69, 9.17) is 16.6 Å². The highest BCUT2D eigenvalue weighted by Crippen LogP contribution is 2.34. The molecule has 3 aromatic carbocycles. The zero-order chi connectivity index (χ0) is 21.8.